The van der Waals surface area contributed by atoms with Gasteiger partial charge in [-0.05, 0) is 32.1 Å². The maximum atomic E-state index is 10.7. The smallest absolute Gasteiger partial charge is 0.270 e. The van der Waals surface area contributed by atoms with Crippen molar-refractivity contribution in [2.45, 2.75) is 6.42 Å². The lowest BCUT2D eigenvalue weighted by atomic mass is 10.1. The summed E-state index contributed by atoms with van der Waals surface area (Å²) in [4.78, 5) is 15.6. The minimum atomic E-state index is -0.359. The summed E-state index contributed by atoms with van der Waals surface area (Å²) in [6.45, 7) is 0.926. The molecule has 0 amide bonds. The molecule has 0 spiro atoms. The quantitative estimate of drug-likeness (QED) is 0.685. The molecule has 0 aliphatic rings. The van der Waals surface area contributed by atoms with Gasteiger partial charge in [-0.2, -0.15) is 0 Å². The third-order valence-corrected chi connectivity index (χ3v) is 2.79. The number of nitro benzene ring substituents is 1. The Labute approximate surface area is 111 Å². The van der Waals surface area contributed by atoms with Crippen molar-refractivity contribution in [3.8, 4) is 0 Å². The van der Waals surface area contributed by atoms with E-state index >= 15 is 0 Å². The van der Waals surface area contributed by atoms with Crippen molar-refractivity contribution >= 4 is 29.0 Å². The second-order valence-corrected chi connectivity index (χ2v) is 4.35. The number of rotatable bonds is 4. The molecule has 18 heavy (non-hydrogen) atoms. The molecule has 1 aromatic heterocycles. The fourth-order valence-corrected chi connectivity index (χ4v) is 1.83. The maximum absolute atomic E-state index is 10.7. The van der Waals surface area contributed by atoms with E-state index in [-0.39, 0.29) is 23.0 Å². The van der Waals surface area contributed by atoms with Gasteiger partial charge < -0.3 is 9.88 Å². The molecule has 0 aliphatic carbocycles. The third-order valence-electron chi connectivity index (χ3n) is 2.79. The number of H-pyrrole nitrogens is 1. The fourth-order valence-electron chi connectivity index (χ4n) is 1.83. The van der Waals surface area contributed by atoms with Gasteiger partial charge >= 0.3 is 0 Å². The van der Waals surface area contributed by atoms with Crippen molar-refractivity contribution in [1.29, 1.82) is 0 Å². The topological polar surface area (TPSA) is 62.2 Å². The minimum absolute atomic E-state index is 0. The summed E-state index contributed by atoms with van der Waals surface area (Å²) < 4.78 is 0. The monoisotopic (exact) mass is 269 g/mol. The highest BCUT2D eigenvalue weighted by atomic mass is 35.5. The molecule has 5 nitrogen and oxygen atoms in total. The van der Waals surface area contributed by atoms with E-state index in [1.54, 1.807) is 12.1 Å². The first kappa shape index (κ1) is 14.5. The van der Waals surface area contributed by atoms with Gasteiger partial charge in [-0.15, -0.1) is 12.4 Å². The summed E-state index contributed by atoms with van der Waals surface area (Å²) in [5.41, 5.74) is 2.21. The summed E-state index contributed by atoms with van der Waals surface area (Å²) in [7, 11) is 4.02. The van der Waals surface area contributed by atoms with Crippen LogP contribution in [-0.4, -0.2) is 35.4 Å². The number of nitrogens with one attached hydrogen (secondary N) is 1. The fraction of sp³-hybridized carbons (Fsp3) is 0.333. The van der Waals surface area contributed by atoms with E-state index in [0.29, 0.717) is 0 Å². The third kappa shape index (κ3) is 3.00. The van der Waals surface area contributed by atoms with E-state index in [2.05, 4.69) is 9.88 Å². The summed E-state index contributed by atoms with van der Waals surface area (Å²) in [6.07, 6.45) is 2.81. The Morgan fingerprint density at radius 3 is 2.72 bits per heavy atom. The van der Waals surface area contributed by atoms with Gasteiger partial charge in [-0.3, -0.25) is 10.1 Å². The van der Waals surface area contributed by atoms with E-state index in [9.17, 15) is 10.1 Å². The molecule has 1 aromatic carbocycles. The van der Waals surface area contributed by atoms with E-state index in [1.165, 1.54) is 6.07 Å². The summed E-state index contributed by atoms with van der Waals surface area (Å²) >= 11 is 0. The number of non-ortho nitro benzene ring substituents is 1. The molecule has 0 unspecified atom stereocenters. The molecule has 1 heterocycles. The first-order valence-electron chi connectivity index (χ1n) is 5.47. The van der Waals surface area contributed by atoms with Gasteiger partial charge in [0.1, 0.15) is 0 Å². The van der Waals surface area contributed by atoms with Crippen LogP contribution in [0.25, 0.3) is 10.9 Å². The highest BCUT2D eigenvalue weighted by molar-refractivity contribution is 5.85. The highest BCUT2D eigenvalue weighted by Crippen LogP contribution is 2.23. The van der Waals surface area contributed by atoms with Crippen LogP contribution in [0.3, 0.4) is 0 Å². The predicted molar refractivity (Wildman–Crippen MR) is 74.5 cm³/mol. The molecular formula is C12H16ClN3O2. The molecule has 2 rings (SSSR count). The van der Waals surface area contributed by atoms with Gasteiger partial charge in [0.05, 0.1) is 4.92 Å². The number of hydrogen-bond donors (Lipinski definition) is 1. The second-order valence-electron chi connectivity index (χ2n) is 4.35. The lowest BCUT2D eigenvalue weighted by Gasteiger charge is -2.07. The second kappa shape index (κ2) is 5.84. The molecule has 1 N–H and O–H groups in total. The number of hydrogen-bond acceptors (Lipinski definition) is 3. The molecule has 0 bridgehead atoms. The molecule has 0 saturated carbocycles. The zero-order chi connectivity index (χ0) is 12.4. The molecule has 98 valence electrons. The van der Waals surface area contributed by atoms with Crippen molar-refractivity contribution < 1.29 is 4.92 Å². The molecule has 0 fully saturated rings. The zero-order valence-corrected chi connectivity index (χ0v) is 11.2. The molecule has 6 heteroatoms. The van der Waals surface area contributed by atoms with Gasteiger partial charge in [0.15, 0.2) is 0 Å². The molecule has 0 atom stereocenters. The highest BCUT2D eigenvalue weighted by Gasteiger charge is 2.10. The number of likely N-dealkylation sites (N-methyl/N-ethyl adjacent to an activating group) is 1. The van der Waals surface area contributed by atoms with Gasteiger partial charge in [0, 0.05) is 35.8 Å². The SMILES string of the molecule is CN(C)CCc1c[nH]c2ccc([N+](=O)[O-])cc12.Cl. The molecule has 0 saturated heterocycles. The van der Waals surface area contributed by atoms with Crippen LogP contribution in [-0.2, 0) is 6.42 Å². The van der Waals surface area contributed by atoms with E-state index in [1.807, 2.05) is 20.3 Å². The van der Waals surface area contributed by atoms with Crippen molar-refractivity contribution in [2.24, 2.45) is 0 Å². The Hall–Kier alpha value is -1.59. The number of aromatic nitrogens is 1. The van der Waals surface area contributed by atoms with Crippen LogP contribution in [0, 0.1) is 10.1 Å². The Morgan fingerprint density at radius 2 is 2.11 bits per heavy atom. The Bertz CT molecular complexity index is 551. The Kier molecular flexibility index (Phi) is 4.69. The lowest BCUT2D eigenvalue weighted by Crippen LogP contribution is -2.14. The summed E-state index contributed by atoms with van der Waals surface area (Å²) in [5.74, 6) is 0. The number of fused-ring (bicyclic) bond motifs is 1. The van der Waals surface area contributed by atoms with Crippen molar-refractivity contribution in [3.63, 3.8) is 0 Å². The zero-order valence-electron chi connectivity index (χ0n) is 10.3. The van der Waals surface area contributed by atoms with Gasteiger partial charge in [-0.1, -0.05) is 0 Å². The molecule has 0 aliphatic heterocycles. The Balaban J connectivity index is 0.00000162. The van der Waals surface area contributed by atoms with Crippen LogP contribution in [0.15, 0.2) is 24.4 Å². The van der Waals surface area contributed by atoms with Crippen molar-refractivity contribution in [1.82, 2.24) is 9.88 Å². The van der Waals surface area contributed by atoms with E-state index < -0.39 is 0 Å². The van der Waals surface area contributed by atoms with Crippen molar-refractivity contribution in [3.05, 3.63) is 40.1 Å². The molecule has 2 aromatic rings. The van der Waals surface area contributed by atoms with Gasteiger partial charge in [0.25, 0.3) is 5.69 Å². The standard InChI is InChI=1S/C12H15N3O2.ClH/c1-14(2)6-5-9-8-13-12-4-3-10(15(16)17)7-11(9)12;/h3-4,7-8,13H,5-6H2,1-2H3;1H. The molecule has 0 radical (unpaired) electrons. The van der Waals surface area contributed by atoms with E-state index in [0.717, 1.165) is 29.4 Å². The average molecular weight is 270 g/mol. The predicted octanol–water partition coefficient (Wildman–Crippen LogP) is 2.60. The van der Waals surface area contributed by atoms with Crippen LogP contribution in [0.2, 0.25) is 0 Å². The van der Waals surface area contributed by atoms with Crippen LogP contribution in [0.1, 0.15) is 5.56 Å². The van der Waals surface area contributed by atoms with E-state index in [4.69, 9.17) is 0 Å². The average Bonchev–Trinajstić information content (AvgIpc) is 2.68. The number of aromatic amines is 1. The first-order chi connectivity index (χ1) is 8.08. The normalized spacial score (nSPS) is 10.6. The van der Waals surface area contributed by atoms with Crippen LogP contribution in [0.4, 0.5) is 5.69 Å². The van der Waals surface area contributed by atoms with Crippen LogP contribution < -0.4 is 0 Å². The van der Waals surface area contributed by atoms with Crippen LogP contribution >= 0.6 is 12.4 Å². The van der Waals surface area contributed by atoms with Crippen molar-refractivity contribution in [2.75, 3.05) is 20.6 Å². The summed E-state index contributed by atoms with van der Waals surface area (Å²) in [5, 5.41) is 11.7. The largest absolute Gasteiger partial charge is 0.361 e. The van der Waals surface area contributed by atoms with Gasteiger partial charge in [0.2, 0.25) is 0 Å². The Morgan fingerprint density at radius 1 is 1.39 bits per heavy atom. The lowest BCUT2D eigenvalue weighted by molar-refractivity contribution is -0.384. The van der Waals surface area contributed by atoms with Gasteiger partial charge in [-0.25, -0.2) is 0 Å². The molecular weight excluding hydrogens is 254 g/mol. The summed E-state index contributed by atoms with van der Waals surface area (Å²) in [6, 6.07) is 4.91. The first-order valence-corrected chi connectivity index (χ1v) is 5.47. The maximum Gasteiger partial charge on any atom is 0.270 e. The van der Waals surface area contributed by atoms with Crippen LogP contribution in [0.5, 0.6) is 0 Å². The number of benzene rings is 1. The number of halogens is 1. The minimum Gasteiger partial charge on any atom is -0.361 e. The number of nitrogens with zero attached hydrogens (tertiary/aromatic N) is 2. The number of nitro groups is 1.